The van der Waals surface area contributed by atoms with Crippen LogP contribution in [0.1, 0.15) is 6.42 Å². The molecular weight excluding hydrogens is 382 g/mol. The summed E-state index contributed by atoms with van der Waals surface area (Å²) in [6.45, 7) is 5.79. The SMILES string of the molecule is COc1ccccc1N1CCN(CCCNC(=O)C2COc3ccccc3O2)CC1. The minimum Gasteiger partial charge on any atom is -0.495 e. The van der Waals surface area contributed by atoms with E-state index in [1.165, 1.54) is 0 Å². The Morgan fingerprint density at radius 3 is 2.60 bits per heavy atom. The van der Waals surface area contributed by atoms with Crippen molar-refractivity contribution in [1.82, 2.24) is 10.2 Å². The predicted octanol–water partition coefficient (Wildman–Crippen LogP) is 2.16. The van der Waals surface area contributed by atoms with E-state index in [1.807, 2.05) is 42.5 Å². The van der Waals surface area contributed by atoms with Crippen LogP contribution in [0.4, 0.5) is 5.69 Å². The van der Waals surface area contributed by atoms with E-state index in [2.05, 4.69) is 21.2 Å². The van der Waals surface area contributed by atoms with Crippen LogP contribution in [0.2, 0.25) is 0 Å². The molecule has 2 aliphatic heterocycles. The van der Waals surface area contributed by atoms with Crippen molar-refractivity contribution in [1.29, 1.82) is 0 Å². The number of rotatable bonds is 7. The van der Waals surface area contributed by atoms with E-state index < -0.39 is 6.10 Å². The Balaban J connectivity index is 1.15. The Morgan fingerprint density at radius 2 is 1.80 bits per heavy atom. The number of nitrogens with zero attached hydrogens (tertiary/aromatic N) is 2. The van der Waals surface area contributed by atoms with Gasteiger partial charge in [-0.05, 0) is 37.2 Å². The van der Waals surface area contributed by atoms with Gasteiger partial charge >= 0.3 is 0 Å². The molecule has 1 unspecified atom stereocenters. The second kappa shape index (κ2) is 9.71. The van der Waals surface area contributed by atoms with Gasteiger partial charge < -0.3 is 24.4 Å². The summed E-state index contributed by atoms with van der Waals surface area (Å²) in [5, 5.41) is 2.97. The molecule has 1 fully saturated rings. The lowest BCUT2D eigenvalue weighted by molar-refractivity contribution is -0.130. The summed E-state index contributed by atoms with van der Waals surface area (Å²) in [7, 11) is 1.71. The zero-order chi connectivity index (χ0) is 20.8. The molecule has 160 valence electrons. The van der Waals surface area contributed by atoms with E-state index >= 15 is 0 Å². The molecule has 0 spiro atoms. The van der Waals surface area contributed by atoms with Crippen molar-refractivity contribution >= 4 is 11.6 Å². The quantitative estimate of drug-likeness (QED) is 0.705. The number of methoxy groups -OCH3 is 1. The third kappa shape index (κ3) is 4.79. The number of fused-ring (bicyclic) bond motifs is 1. The minimum atomic E-state index is -0.593. The van der Waals surface area contributed by atoms with E-state index in [-0.39, 0.29) is 12.5 Å². The molecule has 1 atom stereocenters. The van der Waals surface area contributed by atoms with Gasteiger partial charge in [0.15, 0.2) is 11.5 Å². The Kier molecular flexibility index (Phi) is 6.59. The first-order valence-corrected chi connectivity index (χ1v) is 10.5. The van der Waals surface area contributed by atoms with Crippen molar-refractivity contribution in [3.63, 3.8) is 0 Å². The van der Waals surface area contributed by atoms with E-state index in [0.29, 0.717) is 18.0 Å². The van der Waals surface area contributed by atoms with Gasteiger partial charge in [-0.1, -0.05) is 24.3 Å². The van der Waals surface area contributed by atoms with Gasteiger partial charge in [0.05, 0.1) is 12.8 Å². The monoisotopic (exact) mass is 411 g/mol. The molecule has 1 saturated heterocycles. The largest absolute Gasteiger partial charge is 0.495 e. The second-order valence-electron chi connectivity index (χ2n) is 7.51. The molecule has 1 amide bonds. The molecule has 0 saturated carbocycles. The van der Waals surface area contributed by atoms with Crippen LogP contribution in [-0.4, -0.2) is 69.9 Å². The zero-order valence-corrected chi connectivity index (χ0v) is 17.4. The first-order chi connectivity index (χ1) is 14.7. The fourth-order valence-electron chi connectivity index (χ4n) is 3.88. The maximum absolute atomic E-state index is 12.4. The van der Waals surface area contributed by atoms with Gasteiger partial charge in [0, 0.05) is 32.7 Å². The van der Waals surface area contributed by atoms with Crippen LogP contribution < -0.4 is 24.4 Å². The average Bonchev–Trinajstić information content (AvgIpc) is 2.81. The molecule has 7 heteroatoms. The molecule has 0 aromatic heterocycles. The van der Waals surface area contributed by atoms with Gasteiger partial charge in [0.2, 0.25) is 6.10 Å². The number of benzene rings is 2. The highest BCUT2D eigenvalue weighted by atomic mass is 16.6. The number of para-hydroxylation sites is 4. The fourth-order valence-corrected chi connectivity index (χ4v) is 3.88. The Hall–Kier alpha value is -2.93. The summed E-state index contributed by atoms with van der Waals surface area (Å²) in [5.41, 5.74) is 1.16. The van der Waals surface area contributed by atoms with Gasteiger partial charge in [0.25, 0.3) is 5.91 Å². The number of hydrogen-bond donors (Lipinski definition) is 1. The number of ether oxygens (including phenoxy) is 3. The van der Waals surface area contributed by atoms with Crippen molar-refractivity contribution in [2.45, 2.75) is 12.5 Å². The third-order valence-electron chi connectivity index (χ3n) is 5.55. The average molecular weight is 412 g/mol. The third-order valence-corrected chi connectivity index (χ3v) is 5.55. The van der Waals surface area contributed by atoms with Gasteiger partial charge in [0.1, 0.15) is 12.4 Å². The summed E-state index contributed by atoms with van der Waals surface area (Å²) in [5.74, 6) is 2.11. The summed E-state index contributed by atoms with van der Waals surface area (Å²) in [6.07, 6.45) is 0.314. The van der Waals surface area contributed by atoms with Crippen molar-refractivity contribution < 1.29 is 19.0 Å². The molecule has 4 rings (SSSR count). The highest BCUT2D eigenvalue weighted by Gasteiger charge is 2.27. The number of carbonyl (C=O) groups is 1. The van der Waals surface area contributed by atoms with Crippen LogP contribution in [0, 0.1) is 0 Å². The highest BCUT2D eigenvalue weighted by molar-refractivity contribution is 5.81. The zero-order valence-electron chi connectivity index (χ0n) is 17.4. The Morgan fingerprint density at radius 1 is 1.07 bits per heavy atom. The first kappa shape index (κ1) is 20.3. The lowest BCUT2D eigenvalue weighted by atomic mass is 10.2. The smallest absolute Gasteiger partial charge is 0.264 e. The Bertz CT molecular complexity index is 852. The van der Waals surface area contributed by atoms with Gasteiger partial charge in [-0.25, -0.2) is 0 Å². The standard InChI is InChI=1S/C23H29N3O4/c1-28-19-8-3-2-7-18(19)26-15-13-25(14-16-26)12-6-11-24-23(27)22-17-29-20-9-4-5-10-21(20)30-22/h2-5,7-10,22H,6,11-17H2,1H3,(H,24,27). The van der Waals surface area contributed by atoms with Crippen molar-refractivity contribution in [2.24, 2.45) is 0 Å². The number of amides is 1. The van der Waals surface area contributed by atoms with E-state index in [9.17, 15) is 4.79 Å². The van der Waals surface area contributed by atoms with Crippen LogP contribution in [0.25, 0.3) is 0 Å². The molecule has 7 nitrogen and oxygen atoms in total. The van der Waals surface area contributed by atoms with Crippen LogP contribution in [0.5, 0.6) is 17.2 Å². The molecule has 2 heterocycles. The summed E-state index contributed by atoms with van der Waals surface area (Å²) in [6, 6.07) is 15.6. The van der Waals surface area contributed by atoms with Crippen LogP contribution >= 0.6 is 0 Å². The number of anilines is 1. The van der Waals surface area contributed by atoms with E-state index in [1.54, 1.807) is 7.11 Å². The van der Waals surface area contributed by atoms with E-state index in [4.69, 9.17) is 14.2 Å². The number of piperazine rings is 1. The number of carbonyl (C=O) groups excluding carboxylic acids is 1. The van der Waals surface area contributed by atoms with Crippen LogP contribution in [-0.2, 0) is 4.79 Å². The van der Waals surface area contributed by atoms with Crippen molar-refractivity contribution in [2.75, 3.05) is 57.9 Å². The topological polar surface area (TPSA) is 63.3 Å². The second-order valence-corrected chi connectivity index (χ2v) is 7.51. The molecule has 30 heavy (non-hydrogen) atoms. The number of nitrogens with one attached hydrogen (secondary N) is 1. The molecule has 2 aliphatic rings. The van der Waals surface area contributed by atoms with Crippen molar-refractivity contribution in [3.8, 4) is 17.2 Å². The minimum absolute atomic E-state index is 0.120. The lowest BCUT2D eigenvalue weighted by Gasteiger charge is -2.36. The molecule has 0 aliphatic carbocycles. The normalized spacial score (nSPS) is 18.7. The molecule has 0 radical (unpaired) electrons. The maximum Gasteiger partial charge on any atom is 0.264 e. The van der Waals surface area contributed by atoms with Gasteiger partial charge in [-0.2, -0.15) is 0 Å². The van der Waals surface area contributed by atoms with Crippen LogP contribution in [0.3, 0.4) is 0 Å². The molecule has 2 aromatic carbocycles. The molecular formula is C23H29N3O4. The maximum atomic E-state index is 12.4. The first-order valence-electron chi connectivity index (χ1n) is 10.5. The molecule has 2 aromatic rings. The molecule has 0 bridgehead atoms. The summed E-state index contributed by atoms with van der Waals surface area (Å²) in [4.78, 5) is 17.2. The Labute approximate surface area is 177 Å². The lowest BCUT2D eigenvalue weighted by Crippen LogP contribution is -2.47. The van der Waals surface area contributed by atoms with Gasteiger partial charge in [-0.15, -0.1) is 0 Å². The van der Waals surface area contributed by atoms with E-state index in [0.717, 1.165) is 50.6 Å². The summed E-state index contributed by atoms with van der Waals surface area (Å²) < 4.78 is 16.8. The highest BCUT2D eigenvalue weighted by Crippen LogP contribution is 2.31. The van der Waals surface area contributed by atoms with Crippen LogP contribution in [0.15, 0.2) is 48.5 Å². The van der Waals surface area contributed by atoms with Crippen molar-refractivity contribution in [3.05, 3.63) is 48.5 Å². The fraction of sp³-hybridized carbons (Fsp3) is 0.435. The molecule has 1 N–H and O–H groups in total. The van der Waals surface area contributed by atoms with Gasteiger partial charge in [-0.3, -0.25) is 9.69 Å². The predicted molar refractivity (Wildman–Crippen MR) is 116 cm³/mol. The summed E-state index contributed by atoms with van der Waals surface area (Å²) >= 11 is 0. The number of hydrogen-bond acceptors (Lipinski definition) is 6.